The number of hydrogen-bond acceptors (Lipinski definition) is 4. The molecule has 1 fully saturated rings. The van der Waals surface area contributed by atoms with Crippen molar-refractivity contribution in [2.75, 3.05) is 18.8 Å². The van der Waals surface area contributed by atoms with Crippen LogP contribution >= 0.6 is 11.8 Å². The molecule has 18 heavy (non-hydrogen) atoms. The highest BCUT2D eigenvalue weighted by molar-refractivity contribution is 8.00. The van der Waals surface area contributed by atoms with E-state index >= 15 is 0 Å². The number of carbonyl (C=O) groups is 3. The van der Waals surface area contributed by atoms with E-state index < -0.39 is 24.1 Å². The van der Waals surface area contributed by atoms with Gasteiger partial charge in [0.2, 0.25) is 0 Å². The molecule has 102 valence electrons. The predicted octanol–water partition coefficient (Wildman–Crippen LogP) is -0.788. The lowest BCUT2D eigenvalue weighted by Crippen LogP contribution is -2.50. The molecule has 0 spiro atoms. The normalized spacial score (nSPS) is 22.6. The molecule has 1 rings (SSSR count). The highest BCUT2D eigenvalue weighted by atomic mass is 32.2. The van der Waals surface area contributed by atoms with Crippen molar-refractivity contribution in [1.29, 1.82) is 0 Å². The van der Waals surface area contributed by atoms with E-state index in [1.54, 1.807) is 6.92 Å². The van der Waals surface area contributed by atoms with Crippen LogP contribution in [-0.4, -0.2) is 58.3 Å². The second-order valence-corrected chi connectivity index (χ2v) is 5.07. The molecule has 0 aromatic rings. The van der Waals surface area contributed by atoms with Crippen molar-refractivity contribution in [3.63, 3.8) is 0 Å². The van der Waals surface area contributed by atoms with Crippen LogP contribution in [0.5, 0.6) is 0 Å². The smallest absolute Gasteiger partial charge is 0.327 e. The van der Waals surface area contributed by atoms with E-state index in [0.29, 0.717) is 5.75 Å². The van der Waals surface area contributed by atoms with Crippen LogP contribution < -0.4 is 16.4 Å². The fraction of sp³-hybridized carbons (Fsp3) is 0.667. The number of thioether (sulfide) groups is 1. The van der Waals surface area contributed by atoms with Gasteiger partial charge in [-0.1, -0.05) is 0 Å². The number of urea groups is 2. The number of amides is 4. The van der Waals surface area contributed by atoms with Crippen LogP contribution in [0.4, 0.5) is 9.59 Å². The van der Waals surface area contributed by atoms with Crippen molar-refractivity contribution in [3.8, 4) is 0 Å². The van der Waals surface area contributed by atoms with E-state index in [0.717, 1.165) is 0 Å². The van der Waals surface area contributed by atoms with Crippen LogP contribution in [0.1, 0.15) is 6.92 Å². The van der Waals surface area contributed by atoms with E-state index in [1.165, 1.54) is 16.7 Å². The molecule has 9 heteroatoms. The fourth-order valence-electron chi connectivity index (χ4n) is 1.59. The SMILES string of the molecule is CC1SCC(C(=O)O)N1C(=O)NCCNC(N)=O. The first-order chi connectivity index (χ1) is 8.43. The van der Waals surface area contributed by atoms with E-state index in [2.05, 4.69) is 10.6 Å². The molecule has 2 unspecified atom stereocenters. The molecule has 1 aliphatic rings. The summed E-state index contributed by atoms with van der Waals surface area (Å²) >= 11 is 1.41. The Balaban J connectivity index is 2.44. The lowest BCUT2D eigenvalue weighted by molar-refractivity contribution is -0.141. The largest absolute Gasteiger partial charge is 0.480 e. The number of nitrogens with two attached hydrogens (primary N) is 1. The minimum absolute atomic E-state index is 0.185. The molecular weight excluding hydrogens is 260 g/mol. The summed E-state index contributed by atoms with van der Waals surface area (Å²) in [6.07, 6.45) is 0. The highest BCUT2D eigenvalue weighted by Crippen LogP contribution is 2.28. The summed E-state index contributed by atoms with van der Waals surface area (Å²) in [6, 6.07) is -1.93. The Labute approximate surface area is 108 Å². The van der Waals surface area contributed by atoms with E-state index in [4.69, 9.17) is 10.8 Å². The van der Waals surface area contributed by atoms with Gasteiger partial charge in [-0.2, -0.15) is 0 Å². The highest BCUT2D eigenvalue weighted by Gasteiger charge is 2.39. The van der Waals surface area contributed by atoms with Gasteiger partial charge in [0.15, 0.2) is 0 Å². The first kappa shape index (κ1) is 14.4. The number of hydrogen-bond donors (Lipinski definition) is 4. The maximum Gasteiger partial charge on any atom is 0.327 e. The molecule has 0 aromatic heterocycles. The zero-order valence-corrected chi connectivity index (χ0v) is 10.7. The van der Waals surface area contributed by atoms with Crippen LogP contribution in [0.15, 0.2) is 0 Å². The standard InChI is InChI=1S/C9H16N4O4S/c1-5-13(6(4-18-5)7(14)15)9(17)12-3-2-11-8(10)16/h5-6H,2-4H2,1H3,(H,12,17)(H,14,15)(H3,10,11,16). The van der Waals surface area contributed by atoms with Crippen LogP contribution in [-0.2, 0) is 4.79 Å². The summed E-state index contributed by atoms with van der Waals surface area (Å²) in [7, 11) is 0. The summed E-state index contributed by atoms with van der Waals surface area (Å²) in [5.74, 6) is -0.638. The van der Waals surface area contributed by atoms with E-state index in [9.17, 15) is 14.4 Å². The third-order valence-electron chi connectivity index (χ3n) is 2.44. The van der Waals surface area contributed by atoms with Crippen molar-refractivity contribution < 1.29 is 19.5 Å². The molecule has 0 radical (unpaired) electrons. The van der Waals surface area contributed by atoms with Crippen molar-refractivity contribution >= 4 is 29.8 Å². The Morgan fingerprint density at radius 1 is 1.39 bits per heavy atom. The Morgan fingerprint density at radius 2 is 2.00 bits per heavy atom. The Bertz CT molecular complexity index is 351. The third kappa shape index (κ3) is 3.69. The summed E-state index contributed by atoms with van der Waals surface area (Å²) in [4.78, 5) is 34.5. The minimum atomic E-state index is -1.02. The zero-order valence-electron chi connectivity index (χ0n) is 9.88. The third-order valence-corrected chi connectivity index (χ3v) is 3.66. The van der Waals surface area contributed by atoms with Crippen LogP contribution in [0.3, 0.4) is 0 Å². The molecule has 0 aromatic carbocycles. The van der Waals surface area contributed by atoms with Crippen LogP contribution in [0, 0.1) is 0 Å². The van der Waals surface area contributed by atoms with Gasteiger partial charge in [-0.3, -0.25) is 4.90 Å². The number of nitrogens with one attached hydrogen (secondary N) is 2. The molecule has 0 aliphatic carbocycles. The van der Waals surface area contributed by atoms with Crippen LogP contribution in [0.25, 0.3) is 0 Å². The van der Waals surface area contributed by atoms with Crippen LogP contribution in [0.2, 0.25) is 0 Å². The number of aliphatic carboxylic acids is 1. The molecule has 0 bridgehead atoms. The summed E-state index contributed by atoms with van der Waals surface area (Å²) in [5, 5.41) is 13.7. The van der Waals surface area contributed by atoms with E-state index in [-0.39, 0.29) is 18.5 Å². The summed E-state index contributed by atoms with van der Waals surface area (Å²) in [6.45, 7) is 2.17. The van der Waals surface area contributed by atoms with Crippen molar-refractivity contribution in [2.24, 2.45) is 5.73 Å². The lowest BCUT2D eigenvalue weighted by Gasteiger charge is -2.25. The molecule has 4 amide bonds. The Morgan fingerprint density at radius 3 is 2.56 bits per heavy atom. The quantitative estimate of drug-likeness (QED) is 0.501. The minimum Gasteiger partial charge on any atom is -0.480 e. The number of nitrogens with zero attached hydrogens (tertiary/aromatic N) is 1. The number of carboxylic acids is 1. The number of carboxylic acid groups (broad SMARTS) is 1. The number of primary amides is 1. The van der Waals surface area contributed by atoms with Gasteiger partial charge in [0.25, 0.3) is 0 Å². The van der Waals surface area contributed by atoms with Gasteiger partial charge in [0.1, 0.15) is 6.04 Å². The maximum atomic E-state index is 11.8. The zero-order chi connectivity index (χ0) is 13.7. The van der Waals surface area contributed by atoms with Gasteiger partial charge >= 0.3 is 18.0 Å². The van der Waals surface area contributed by atoms with Gasteiger partial charge in [-0.25, -0.2) is 14.4 Å². The summed E-state index contributed by atoms with van der Waals surface area (Å²) < 4.78 is 0. The average molecular weight is 276 g/mol. The van der Waals surface area contributed by atoms with Gasteiger partial charge in [0.05, 0.1) is 5.37 Å². The van der Waals surface area contributed by atoms with Crippen molar-refractivity contribution in [3.05, 3.63) is 0 Å². The van der Waals surface area contributed by atoms with E-state index in [1.807, 2.05) is 0 Å². The molecule has 5 N–H and O–H groups in total. The first-order valence-electron chi connectivity index (χ1n) is 5.37. The van der Waals surface area contributed by atoms with Gasteiger partial charge in [-0.05, 0) is 6.92 Å². The molecule has 2 atom stereocenters. The number of carbonyl (C=O) groups excluding carboxylic acids is 2. The predicted molar refractivity (Wildman–Crippen MR) is 66.2 cm³/mol. The van der Waals surface area contributed by atoms with Gasteiger partial charge in [-0.15, -0.1) is 11.8 Å². The topological polar surface area (TPSA) is 125 Å². The fourth-order valence-corrected chi connectivity index (χ4v) is 2.76. The first-order valence-corrected chi connectivity index (χ1v) is 6.42. The molecule has 0 saturated carbocycles. The monoisotopic (exact) mass is 276 g/mol. The molecule has 1 heterocycles. The second-order valence-electron chi connectivity index (χ2n) is 3.72. The lowest BCUT2D eigenvalue weighted by atomic mass is 10.3. The molecular formula is C9H16N4O4S. The molecule has 1 aliphatic heterocycles. The van der Waals surface area contributed by atoms with Crippen molar-refractivity contribution in [1.82, 2.24) is 15.5 Å². The summed E-state index contributed by atoms with van der Waals surface area (Å²) in [5.41, 5.74) is 4.86. The molecule has 1 saturated heterocycles. The van der Waals surface area contributed by atoms with Gasteiger partial charge in [0, 0.05) is 18.8 Å². The number of rotatable bonds is 4. The van der Waals surface area contributed by atoms with Crippen molar-refractivity contribution in [2.45, 2.75) is 18.3 Å². The Kier molecular flexibility index (Phi) is 5.08. The maximum absolute atomic E-state index is 11.8. The van der Waals surface area contributed by atoms with Gasteiger partial charge < -0.3 is 21.5 Å². The average Bonchev–Trinajstić information content (AvgIpc) is 2.66. The second kappa shape index (κ2) is 6.34. The Hall–Kier alpha value is -1.64. The molecule has 8 nitrogen and oxygen atoms in total.